The van der Waals surface area contributed by atoms with E-state index >= 15 is 0 Å². The molecule has 181 valence electrons. The summed E-state index contributed by atoms with van der Waals surface area (Å²) >= 11 is -3.31. The van der Waals surface area contributed by atoms with Crippen molar-refractivity contribution in [2.75, 3.05) is 0 Å². The number of halogens is 1. The summed E-state index contributed by atoms with van der Waals surface area (Å²) in [5.41, 5.74) is 1.78. The van der Waals surface area contributed by atoms with Crippen LogP contribution >= 0.6 is 11.6 Å². The van der Waals surface area contributed by atoms with E-state index in [9.17, 15) is 5.26 Å². The molecule has 32 heavy (non-hydrogen) atoms. The summed E-state index contributed by atoms with van der Waals surface area (Å²) < 4.78 is 56.7. The van der Waals surface area contributed by atoms with Gasteiger partial charge in [0.1, 0.15) is 18.1 Å². The summed E-state index contributed by atoms with van der Waals surface area (Å²) in [6, 6.07) is 10.0. The zero-order chi connectivity index (χ0) is 23.4. The van der Waals surface area contributed by atoms with Crippen LogP contribution in [0.1, 0.15) is 31.7 Å². The average Bonchev–Trinajstić information content (AvgIpc) is 3.09. The van der Waals surface area contributed by atoms with Gasteiger partial charge in [-0.15, -0.1) is 0 Å². The third kappa shape index (κ3) is 18.7. The third-order valence-electron chi connectivity index (χ3n) is 3.47. The Bertz CT molecular complexity index is 849. The summed E-state index contributed by atoms with van der Waals surface area (Å²) in [6.45, 7) is 2.63. The molecule has 0 aliphatic heterocycles. The number of hydrogen-bond acceptors (Lipinski definition) is 9. The summed E-state index contributed by atoms with van der Waals surface area (Å²) in [4.78, 5) is 3.95. The first kappa shape index (κ1) is 35.8. The average molecular weight is 639 g/mol. The molecule has 0 aliphatic rings. The molecule has 2 rings (SSSR count). The number of nitrogens with zero attached hydrogens (tertiary/aromatic N) is 4. The van der Waals surface area contributed by atoms with Gasteiger partial charge in [0.25, 0.3) is 0 Å². The molecule has 2 aromatic rings. The quantitative estimate of drug-likeness (QED) is 0.398. The minimum Gasteiger partial charge on any atom is -0.369 e. The van der Waals surface area contributed by atoms with Crippen molar-refractivity contribution in [1.29, 1.82) is 5.26 Å². The molecule has 0 saturated heterocycles. The number of hydrogen-bond donors (Lipinski definition) is 1. The van der Waals surface area contributed by atoms with E-state index < -0.39 is 33.8 Å². The van der Waals surface area contributed by atoms with Gasteiger partial charge in [-0.25, -0.2) is 4.98 Å². The van der Waals surface area contributed by atoms with E-state index in [0.717, 1.165) is 24.8 Å². The minimum absolute atomic E-state index is 0. The Hall–Kier alpha value is -0.824. The van der Waals surface area contributed by atoms with Crippen molar-refractivity contribution in [3.05, 3.63) is 47.5 Å². The van der Waals surface area contributed by atoms with Gasteiger partial charge in [0.15, 0.2) is 0 Å². The van der Waals surface area contributed by atoms with Crippen molar-refractivity contribution in [3.8, 4) is 6.07 Å². The molecule has 15 heteroatoms. The Kier molecular flexibility index (Phi) is 18.7. The molecule has 0 spiro atoms. The van der Waals surface area contributed by atoms with Gasteiger partial charge in [-0.05, 0) is 24.1 Å². The first-order chi connectivity index (χ1) is 13.7. The number of rotatable bonds is 6. The van der Waals surface area contributed by atoms with E-state index in [4.69, 9.17) is 35.5 Å². The van der Waals surface area contributed by atoms with E-state index in [0.29, 0.717) is 23.0 Å². The molecule has 0 aliphatic carbocycles. The molecule has 1 heterocycles. The molecule has 1 unspecified atom stereocenters. The maximum absolute atomic E-state index is 9.78. The fourth-order valence-electron chi connectivity index (χ4n) is 2.31. The largest absolute Gasteiger partial charge is 3.00 e. The minimum atomic E-state index is -4.62. The van der Waals surface area contributed by atoms with Crippen LogP contribution in [-0.2, 0) is 36.5 Å². The molecule has 0 saturated carbocycles. The smallest absolute Gasteiger partial charge is 0.369 e. The van der Waals surface area contributed by atoms with Crippen LogP contribution in [0.5, 0.6) is 0 Å². The maximum atomic E-state index is 9.78. The fourth-order valence-corrected chi connectivity index (χ4v) is 2.43. The molecule has 11 nitrogen and oxygen atoms in total. The topological polar surface area (TPSA) is 217 Å². The van der Waals surface area contributed by atoms with Crippen LogP contribution in [0.15, 0.2) is 36.9 Å². The van der Waals surface area contributed by atoms with Gasteiger partial charge in [0, 0.05) is 5.02 Å². The van der Waals surface area contributed by atoms with Crippen LogP contribution in [0.4, 0.5) is 0 Å². The Balaban J connectivity index is -0.000000593. The van der Waals surface area contributed by atoms with Crippen molar-refractivity contribution in [1.82, 2.24) is 20.9 Å². The molecule has 0 fully saturated rings. The molecular weight excluding hydrogens is 611 g/mol. The van der Waals surface area contributed by atoms with Crippen molar-refractivity contribution < 1.29 is 40.9 Å². The monoisotopic (exact) mass is 638 g/mol. The maximum Gasteiger partial charge on any atom is 3.00 e. The molecule has 0 bridgehead atoms. The van der Waals surface area contributed by atoms with Gasteiger partial charge < -0.3 is 6.15 Å². The molecular formula is C17H27As2ClFeN5O6. The van der Waals surface area contributed by atoms with Crippen LogP contribution in [-0.4, -0.2) is 43.1 Å². The molecule has 1 aromatic carbocycles. The summed E-state index contributed by atoms with van der Waals surface area (Å²) in [5, 5.41) is 14.6. The normalized spacial score (nSPS) is 12.2. The first-order valence-electron chi connectivity index (χ1n) is 8.69. The van der Waals surface area contributed by atoms with Crippen LogP contribution in [0.25, 0.3) is 0 Å². The van der Waals surface area contributed by atoms with Gasteiger partial charge in [-0.1, -0.05) is 43.5 Å². The van der Waals surface area contributed by atoms with Gasteiger partial charge in [0.05, 0.1) is 12.6 Å². The molecule has 4 N–H and O–H groups in total. The van der Waals surface area contributed by atoms with Crippen LogP contribution in [0.2, 0.25) is 16.4 Å². The van der Waals surface area contributed by atoms with Gasteiger partial charge in [0.2, 0.25) is 0 Å². The number of benzene rings is 1. The van der Waals surface area contributed by atoms with Crippen molar-refractivity contribution in [2.45, 2.75) is 49.6 Å². The standard InChI is InChI=1S/C15H17ClN4.2CH5AsO3.Fe.H3N/c1-2-3-8-15(9-17,10-20-12-18-11-19-20)13-4-6-14(16)7-5-13;2*1-2(3,4)5;;/h4-7,11-12H,2-3,8,10H2,1H3;2*1H3,(H2,3,4,5);;1H3/q;;;+3;/p-3. The first-order valence-corrected chi connectivity index (χ1v) is 17.4. The Morgan fingerprint density at radius 2 is 1.59 bits per heavy atom. The second-order valence-corrected chi connectivity index (χ2v) is 13.3. The Morgan fingerprint density at radius 1 is 1.12 bits per heavy atom. The molecule has 1 atom stereocenters. The second-order valence-electron chi connectivity index (χ2n) is 6.44. The molecule has 1 radical (unpaired) electrons. The van der Waals surface area contributed by atoms with Gasteiger partial charge in [-0.2, -0.15) is 10.4 Å². The van der Waals surface area contributed by atoms with Gasteiger partial charge in [-0.3, -0.25) is 4.68 Å². The van der Waals surface area contributed by atoms with Crippen LogP contribution in [0.3, 0.4) is 0 Å². The van der Waals surface area contributed by atoms with Gasteiger partial charge >= 0.3 is 80.7 Å². The number of quaternary nitrogens is 1. The number of unbranched alkanes of at least 4 members (excludes halogenated alkanes) is 1. The zero-order valence-electron chi connectivity index (χ0n) is 18.2. The SMILES string of the molecule is CCCCC(C#N)(Cn1cncn1)c1ccc(Cl)cc1.C[As](=O)([O-])[O-].C[As](=O)([O-])[O-].[Fe+3].[NH4+]. The summed E-state index contributed by atoms with van der Waals surface area (Å²) in [7, 11) is 0. The summed E-state index contributed by atoms with van der Waals surface area (Å²) in [6.07, 6.45) is 5.97. The zero-order valence-corrected chi connectivity index (χ0v) is 23.8. The Morgan fingerprint density at radius 3 is 1.94 bits per heavy atom. The van der Waals surface area contributed by atoms with Crippen molar-refractivity contribution in [3.63, 3.8) is 0 Å². The van der Waals surface area contributed by atoms with E-state index in [1.165, 1.54) is 6.33 Å². The van der Waals surface area contributed by atoms with E-state index in [-0.39, 0.29) is 23.2 Å². The summed E-state index contributed by atoms with van der Waals surface area (Å²) in [5.74, 6) is 0. The predicted octanol–water partition coefficient (Wildman–Crippen LogP) is -0.631. The number of nitriles is 1. The third-order valence-corrected chi connectivity index (χ3v) is 3.72. The van der Waals surface area contributed by atoms with E-state index in [1.54, 1.807) is 11.0 Å². The molecule has 1 aromatic heterocycles. The van der Waals surface area contributed by atoms with Crippen molar-refractivity contribution >= 4 is 39.9 Å². The predicted molar refractivity (Wildman–Crippen MR) is 109 cm³/mol. The van der Waals surface area contributed by atoms with Crippen LogP contribution in [0, 0.1) is 11.3 Å². The van der Waals surface area contributed by atoms with Crippen molar-refractivity contribution in [2.24, 2.45) is 0 Å². The second kappa shape index (κ2) is 16.7. The van der Waals surface area contributed by atoms with E-state index in [2.05, 4.69) is 23.1 Å². The Labute approximate surface area is 209 Å². The van der Waals surface area contributed by atoms with Crippen LogP contribution < -0.4 is 22.5 Å². The fraction of sp³-hybridized carbons (Fsp3) is 0.471. The molecule has 0 amide bonds. The van der Waals surface area contributed by atoms with E-state index in [1.807, 2.05) is 24.3 Å². The number of aromatic nitrogens is 3.